The van der Waals surface area contributed by atoms with Gasteiger partial charge in [0.05, 0.1) is 0 Å². The van der Waals surface area contributed by atoms with Crippen molar-refractivity contribution in [3.05, 3.63) is 0 Å². The minimum Gasteiger partial charge on any atom is -0.371 e. The first-order valence-corrected chi connectivity index (χ1v) is 26.4. The van der Waals surface area contributed by atoms with Gasteiger partial charge in [0.2, 0.25) is 0 Å². The molecule has 48 heavy (non-hydrogen) atoms. The summed E-state index contributed by atoms with van der Waals surface area (Å²) in [7, 11) is -1.08. The van der Waals surface area contributed by atoms with Gasteiger partial charge in [-0.1, -0.05) is 98.6 Å². The van der Waals surface area contributed by atoms with Crippen molar-refractivity contribution in [1.82, 2.24) is 0 Å². The van der Waals surface area contributed by atoms with Gasteiger partial charge in [-0.15, -0.1) is 0 Å². The van der Waals surface area contributed by atoms with Gasteiger partial charge < -0.3 is 26.6 Å². The van der Waals surface area contributed by atoms with E-state index in [-0.39, 0.29) is 36.6 Å². The van der Waals surface area contributed by atoms with Crippen LogP contribution in [0.3, 0.4) is 0 Å². The van der Waals surface area contributed by atoms with Crippen molar-refractivity contribution < 1.29 is 26.6 Å². The van der Waals surface area contributed by atoms with Crippen molar-refractivity contribution >= 4 is 39.2 Å². The fourth-order valence-electron chi connectivity index (χ4n) is 5.92. The maximum absolute atomic E-state index is 6.32. The smallest absolute Gasteiger partial charge is 0.371 e. The first kappa shape index (κ1) is 48.9. The highest BCUT2D eigenvalue weighted by Crippen LogP contribution is 2.28. The summed E-state index contributed by atoms with van der Waals surface area (Å²) in [4.78, 5) is 0. The minimum absolute atomic E-state index is 0.128. The second-order valence-corrected chi connectivity index (χ2v) is 23.0. The van der Waals surface area contributed by atoms with Gasteiger partial charge in [-0.2, -0.15) is 0 Å². The zero-order valence-electron chi connectivity index (χ0n) is 33.9. The van der Waals surface area contributed by atoms with Gasteiger partial charge in [-0.3, -0.25) is 0 Å². The van der Waals surface area contributed by atoms with Crippen LogP contribution in [-0.4, -0.2) is 65.7 Å². The predicted octanol–water partition coefficient (Wildman–Crippen LogP) is 13.0. The van der Waals surface area contributed by atoms with E-state index in [0.717, 1.165) is 24.9 Å². The molecule has 0 amide bonds. The fourth-order valence-corrected chi connectivity index (χ4v) is 14.9. The maximum atomic E-state index is 6.32. The van der Waals surface area contributed by atoms with E-state index in [1.807, 2.05) is 0 Å². The molecule has 0 atom stereocenters. The first-order chi connectivity index (χ1) is 22.7. The van der Waals surface area contributed by atoms with Gasteiger partial charge in [0, 0.05) is 60.2 Å². The molecule has 0 radical (unpaired) electrons. The van der Waals surface area contributed by atoms with E-state index < -0.39 is 17.6 Å². The lowest BCUT2D eigenvalue weighted by molar-refractivity contribution is 0.00161. The van der Waals surface area contributed by atoms with Crippen molar-refractivity contribution in [2.45, 2.75) is 235 Å². The molecule has 0 unspecified atom stereocenters. The monoisotopic (exact) mass is 755 g/mol. The van der Waals surface area contributed by atoms with Gasteiger partial charge in [0.1, 0.15) is 0 Å². The second-order valence-electron chi connectivity index (χ2n) is 15.2. The Kier molecular flexibility index (Phi) is 30.9. The molecule has 0 aliphatic carbocycles. The Morgan fingerprint density at radius 3 is 0.688 bits per heavy atom. The highest BCUT2D eigenvalue weighted by atomic mass is 33.1. The molecule has 0 aromatic carbocycles. The number of hydrogen-bond donors (Lipinski definition) is 0. The second kappa shape index (κ2) is 30.4. The Morgan fingerprint density at radius 1 is 0.292 bits per heavy atom. The molecule has 10 heteroatoms. The number of rotatable bonds is 35. The zero-order chi connectivity index (χ0) is 36.3. The van der Waals surface area contributed by atoms with Crippen molar-refractivity contribution in [2.24, 2.45) is 0 Å². The highest BCUT2D eigenvalue weighted by molar-refractivity contribution is 8.76. The molecule has 290 valence electrons. The molecule has 0 heterocycles. The third-order valence-electron chi connectivity index (χ3n) is 7.50. The Hall–Kier alpha value is 0.894. The molecule has 0 aromatic heterocycles. The number of unbranched alkanes of at least 4 members (excludes halogenated alkanes) is 14. The Balaban J connectivity index is 3.77. The summed E-state index contributed by atoms with van der Waals surface area (Å²) in [5.74, 6) is 2.60. The summed E-state index contributed by atoms with van der Waals surface area (Å²) in [6, 6.07) is 1.86. The SMILES string of the molecule is CC(C)O[Si](CCCCCCCCCCSSCCCCCCCCCC[Si](OC(C)C)(OC(C)C)OC(C)C)(OC(C)C)OC(C)C. The van der Waals surface area contributed by atoms with Gasteiger partial charge in [0.25, 0.3) is 0 Å². The Labute approximate surface area is 310 Å². The third kappa shape index (κ3) is 29.5. The van der Waals surface area contributed by atoms with Crippen molar-refractivity contribution in [1.29, 1.82) is 0 Å². The minimum atomic E-state index is -2.63. The summed E-state index contributed by atoms with van der Waals surface area (Å²) in [6.45, 7) is 25.0. The normalized spacial score (nSPS) is 13.1. The molecule has 0 aliphatic heterocycles. The fraction of sp³-hybridized carbons (Fsp3) is 1.00. The van der Waals surface area contributed by atoms with Gasteiger partial charge in [-0.25, -0.2) is 0 Å². The molecule has 6 nitrogen and oxygen atoms in total. The molecule has 0 bridgehead atoms. The summed E-state index contributed by atoms with van der Waals surface area (Å²) in [5.41, 5.74) is 0. The molecular weight excluding hydrogens is 673 g/mol. The lowest BCUT2D eigenvalue weighted by Gasteiger charge is -2.34. The van der Waals surface area contributed by atoms with Crippen LogP contribution in [0.4, 0.5) is 0 Å². The van der Waals surface area contributed by atoms with E-state index in [0.29, 0.717) is 0 Å². The summed E-state index contributed by atoms with van der Waals surface area (Å²) < 4.78 is 37.9. The van der Waals surface area contributed by atoms with Crippen LogP contribution in [-0.2, 0) is 26.6 Å². The van der Waals surface area contributed by atoms with Crippen LogP contribution in [0.5, 0.6) is 0 Å². The van der Waals surface area contributed by atoms with Crippen LogP contribution in [0.15, 0.2) is 0 Å². The van der Waals surface area contributed by atoms with E-state index in [1.165, 1.54) is 101 Å². The van der Waals surface area contributed by atoms with Crippen molar-refractivity contribution in [3.63, 3.8) is 0 Å². The lowest BCUT2D eigenvalue weighted by atomic mass is 10.1. The average Bonchev–Trinajstić information content (AvgIpc) is 2.93. The van der Waals surface area contributed by atoms with Crippen molar-refractivity contribution in [3.8, 4) is 0 Å². The summed E-state index contributed by atoms with van der Waals surface area (Å²) in [5, 5.41) is 0. The first-order valence-electron chi connectivity index (χ1n) is 20.0. The molecule has 0 N–H and O–H groups in total. The molecule has 0 fully saturated rings. The number of hydrogen-bond acceptors (Lipinski definition) is 8. The average molecular weight is 755 g/mol. The van der Waals surface area contributed by atoms with Crippen molar-refractivity contribution in [2.75, 3.05) is 11.5 Å². The lowest BCUT2D eigenvalue weighted by Crippen LogP contribution is -2.50. The van der Waals surface area contributed by atoms with Crippen LogP contribution >= 0.6 is 21.6 Å². The van der Waals surface area contributed by atoms with E-state index in [9.17, 15) is 0 Å². The largest absolute Gasteiger partial charge is 0.501 e. The van der Waals surface area contributed by atoms with Crippen LogP contribution in [0, 0.1) is 0 Å². The summed E-state index contributed by atoms with van der Waals surface area (Å²) >= 11 is 0. The third-order valence-corrected chi connectivity index (χ3v) is 17.0. The maximum Gasteiger partial charge on any atom is 0.501 e. The molecule has 0 saturated carbocycles. The molecule has 0 spiro atoms. The van der Waals surface area contributed by atoms with E-state index in [2.05, 4.69) is 105 Å². The van der Waals surface area contributed by atoms with Gasteiger partial charge >= 0.3 is 17.6 Å². The predicted molar refractivity (Wildman–Crippen MR) is 217 cm³/mol. The molecule has 0 rings (SSSR count). The molecule has 0 aromatic rings. The quantitative estimate of drug-likeness (QED) is 0.0360. The van der Waals surface area contributed by atoms with Gasteiger partial charge in [0.15, 0.2) is 0 Å². The van der Waals surface area contributed by atoms with E-state index in [4.69, 9.17) is 26.6 Å². The Bertz CT molecular complexity index is 602. The molecular formula is C38H82O6S2Si2. The standard InChI is InChI=1S/C38H82O6S2Si2/c1-33(2)39-47(40-34(3)4,41-35(5)6)31-27-23-19-15-13-17-21-25-29-45-46-30-26-22-18-14-16-20-24-28-32-48(42-36(7)8,43-37(9)10)44-38(11)12/h33-38H,13-32H2,1-12H3. The molecule has 0 saturated heterocycles. The van der Waals surface area contributed by atoms with Gasteiger partial charge in [-0.05, 0) is 109 Å². The van der Waals surface area contributed by atoms with Crippen LogP contribution in [0.1, 0.15) is 186 Å². The van der Waals surface area contributed by atoms with Crippen LogP contribution < -0.4 is 0 Å². The molecule has 0 aliphatic rings. The van der Waals surface area contributed by atoms with Crippen LogP contribution in [0.25, 0.3) is 0 Å². The highest BCUT2D eigenvalue weighted by Gasteiger charge is 2.44. The Morgan fingerprint density at radius 2 is 0.479 bits per heavy atom. The summed E-state index contributed by atoms with van der Waals surface area (Å²) in [6.07, 6.45) is 21.7. The zero-order valence-corrected chi connectivity index (χ0v) is 37.5. The van der Waals surface area contributed by atoms with E-state index in [1.54, 1.807) is 0 Å². The topological polar surface area (TPSA) is 55.4 Å². The van der Waals surface area contributed by atoms with Crippen LogP contribution in [0.2, 0.25) is 12.1 Å². The van der Waals surface area contributed by atoms with E-state index >= 15 is 0 Å².